The van der Waals surface area contributed by atoms with E-state index in [1.54, 1.807) is 20.7 Å². The molecule has 0 heterocycles. The normalized spacial score (nSPS) is 13.0. The van der Waals surface area contributed by atoms with E-state index in [0.717, 1.165) is 9.52 Å². The number of hydrogen-bond acceptors (Lipinski definition) is 0. The average molecular weight is 760 g/mol. The van der Waals surface area contributed by atoms with Gasteiger partial charge in [-0.25, -0.2) is 12.1 Å². The summed E-state index contributed by atoms with van der Waals surface area (Å²) in [6, 6.07) is 41.7. The fourth-order valence-electron chi connectivity index (χ4n) is 5.38. The van der Waals surface area contributed by atoms with E-state index in [2.05, 4.69) is 166 Å². The summed E-state index contributed by atoms with van der Waals surface area (Å²) in [6.45, 7) is 23.2. The Kier molecular flexibility index (Phi) is 23.4. The Balaban J connectivity index is 0. The van der Waals surface area contributed by atoms with Gasteiger partial charge in [0.1, 0.15) is 0 Å². The smallest absolute Gasteiger partial charge is 1.00 e. The summed E-state index contributed by atoms with van der Waals surface area (Å²) in [6.07, 6.45) is 0. The molecule has 1 radical (unpaired) electrons. The van der Waals surface area contributed by atoms with E-state index in [-0.39, 0.29) is 51.0 Å². The molecule has 0 N–H and O–H groups in total. The summed E-state index contributed by atoms with van der Waals surface area (Å²) >= 11 is 0. The molecule has 0 saturated heterocycles. The van der Waals surface area contributed by atoms with Crippen LogP contribution in [0, 0.1) is 0 Å². The molecule has 0 saturated carbocycles. The molecule has 4 aromatic rings. The first kappa shape index (κ1) is 45.4. The van der Waals surface area contributed by atoms with Gasteiger partial charge in [-0.1, -0.05) is 164 Å². The van der Waals surface area contributed by atoms with Crippen molar-refractivity contribution in [1.82, 2.24) is 0 Å². The third kappa shape index (κ3) is 12.5. The van der Waals surface area contributed by atoms with Crippen LogP contribution in [0.2, 0.25) is 37.3 Å². The van der Waals surface area contributed by atoms with E-state index < -0.39 is 16.1 Å². The van der Waals surface area contributed by atoms with Gasteiger partial charge in [-0.3, -0.25) is 0 Å². The van der Waals surface area contributed by atoms with Crippen molar-refractivity contribution in [2.24, 2.45) is 0 Å². The zero-order valence-electron chi connectivity index (χ0n) is 29.1. The number of rotatable bonds is 10. The Labute approximate surface area is 307 Å². The average Bonchev–Trinajstić information content (AvgIpc) is 3.70. The maximum atomic E-state index is 2.49. The van der Waals surface area contributed by atoms with Gasteiger partial charge in [0.2, 0.25) is 0 Å². The van der Waals surface area contributed by atoms with Crippen LogP contribution < -0.4 is 45.6 Å². The van der Waals surface area contributed by atoms with E-state index >= 15 is 0 Å². The Morgan fingerprint density at radius 3 is 1.09 bits per heavy atom. The second-order valence-electron chi connectivity index (χ2n) is 12.4. The van der Waals surface area contributed by atoms with Gasteiger partial charge in [-0.2, -0.15) is 45.8 Å². The second-order valence-corrected chi connectivity index (χ2v) is 23.6. The van der Waals surface area contributed by atoms with Crippen LogP contribution in [-0.4, -0.2) is 25.7 Å². The van der Waals surface area contributed by atoms with Gasteiger partial charge in [0.15, 0.2) is 0 Å². The van der Waals surface area contributed by atoms with Gasteiger partial charge in [-0.05, 0) is 11.8 Å². The van der Waals surface area contributed by atoms with Crippen molar-refractivity contribution in [2.75, 3.05) is 0 Å². The predicted octanol–water partition coefficient (Wildman–Crippen LogP) is 2.79. The van der Waals surface area contributed by atoms with E-state index in [0.29, 0.717) is 11.8 Å². The molecule has 239 valence electrons. The van der Waals surface area contributed by atoms with Gasteiger partial charge in [0.25, 0.3) is 0 Å². The molecule has 0 aliphatic heterocycles. The number of benzene rings is 2. The van der Waals surface area contributed by atoms with Crippen molar-refractivity contribution >= 4 is 46.4 Å². The minimum absolute atomic E-state index is 0. The fourth-order valence-corrected chi connectivity index (χ4v) is 12.0. The molecule has 0 nitrogen and oxygen atoms in total. The molecule has 6 heteroatoms. The molecule has 2 unspecified atom stereocenters. The van der Waals surface area contributed by atoms with Crippen LogP contribution in [0.5, 0.6) is 0 Å². The molecule has 0 aliphatic rings. The first-order valence-corrected chi connectivity index (χ1v) is 23.1. The minimum Gasteiger partial charge on any atom is -1.00 e. The van der Waals surface area contributed by atoms with Gasteiger partial charge in [0.05, 0.1) is 0 Å². The standard InChI is InChI=1S/2C17H23Si.C4H11Si.2ClH.Zr/c2*1-5-18(4,16-9-7-6-8-10-16)17-12-11-15(13-17)14(2)3;1-3-5-4-2;;;/h2*6-14H,5H2,1-4H3;5H,3-4H2,1-2H3;2*1H;/q2*-1;;;;+4/p-2. The zero-order valence-corrected chi connectivity index (χ0v) is 36.2. The summed E-state index contributed by atoms with van der Waals surface area (Å²) in [5.74, 6) is 1.26. The van der Waals surface area contributed by atoms with Crippen LogP contribution in [-0.2, 0) is 26.2 Å². The van der Waals surface area contributed by atoms with Crippen LogP contribution in [0.25, 0.3) is 0 Å². The van der Waals surface area contributed by atoms with Crippen molar-refractivity contribution in [2.45, 2.75) is 104 Å². The third-order valence-electron chi connectivity index (χ3n) is 8.98. The third-order valence-corrected chi connectivity index (χ3v) is 19.3. The second kappa shape index (κ2) is 22.7. The molecule has 0 aliphatic carbocycles. The van der Waals surface area contributed by atoms with Gasteiger partial charge in [-0.15, -0.1) is 0 Å². The molecule has 0 spiro atoms. The maximum Gasteiger partial charge on any atom is 4.00 e. The monoisotopic (exact) mass is 757 g/mol. The molecule has 0 aromatic heterocycles. The summed E-state index contributed by atoms with van der Waals surface area (Å²) < 4.78 is 0. The molecule has 0 amide bonds. The van der Waals surface area contributed by atoms with Crippen LogP contribution in [0.3, 0.4) is 0 Å². The molecular formula is C38H57Cl2Si3Zr. The summed E-state index contributed by atoms with van der Waals surface area (Å²) in [5.41, 5.74) is 2.96. The fraction of sp³-hybridized carbons (Fsp3) is 0.421. The predicted molar refractivity (Wildman–Crippen MR) is 196 cm³/mol. The molecule has 2 atom stereocenters. The largest absolute Gasteiger partial charge is 4.00 e. The maximum absolute atomic E-state index is 2.49. The Morgan fingerprint density at radius 1 is 0.568 bits per heavy atom. The van der Waals surface area contributed by atoms with Crippen LogP contribution in [0.15, 0.2) is 97.1 Å². The van der Waals surface area contributed by atoms with E-state index in [4.69, 9.17) is 0 Å². The molecule has 44 heavy (non-hydrogen) atoms. The van der Waals surface area contributed by atoms with Gasteiger partial charge < -0.3 is 24.8 Å². The molecule has 0 fully saturated rings. The SMILES string of the molecule is CC[SiH]CC.CC[Si](C)(c1ccccc1)c1c[cH-]c(C(C)C)c1.CC[Si](C)(c1ccccc1)c1c[cH-]c(C(C)C)c1.[Cl-].[Cl-].[Zr+4]. The van der Waals surface area contributed by atoms with Crippen molar-refractivity contribution in [3.8, 4) is 0 Å². The Morgan fingerprint density at radius 2 is 0.886 bits per heavy atom. The number of halogens is 2. The quantitative estimate of drug-likeness (QED) is 0.173. The first-order chi connectivity index (χ1) is 19.6. The molecule has 0 bridgehead atoms. The van der Waals surface area contributed by atoms with Crippen molar-refractivity contribution in [3.05, 3.63) is 108 Å². The molecular weight excluding hydrogens is 703 g/mol. The zero-order chi connectivity index (χ0) is 30.5. The molecule has 4 aromatic carbocycles. The van der Waals surface area contributed by atoms with Gasteiger partial charge >= 0.3 is 26.2 Å². The minimum atomic E-state index is -1.50. The van der Waals surface area contributed by atoms with Crippen molar-refractivity contribution < 1.29 is 51.0 Å². The summed E-state index contributed by atoms with van der Waals surface area (Å²) in [4.78, 5) is 0. The van der Waals surface area contributed by atoms with Crippen molar-refractivity contribution in [3.63, 3.8) is 0 Å². The Bertz CT molecular complexity index is 1160. The molecule has 4 rings (SSSR count). The topological polar surface area (TPSA) is 0 Å². The van der Waals surface area contributed by atoms with Crippen LogP contribution >= 0.6 is 0 Å². The van der Waals surface area contributed by atoms with Crippen molar-refractivity contribution in [1.29, 1.82) is 0 Å². The van der Waals surface area contributed by atoms with E-state index in [9.17, 15) is 0 Å². The summed E-state index contributed by atoms with van der Waals surface area (Å²) in [5, 5.41) is 6.27. The Hall–Kier alpha value is -0.746. The van der Waals surface area contributed by atoms with Crippen LogP contribution in [0.4, 0.5) is 0 Å². The van der Waals surface area contributed by atoms with E-state index in [1.807, 2.05) is 0 Å². The van der Waals surface area contributed by atoms with Gasteiger partial charge in [0, 0.05) is 25.7 Å². The van der Waals surface area contributed by atoms with E-state index in [1.165, 1.54) is 35.3 Å². The summed E-state index contributed by atoms with van der Waals surface area (Å²) in [7, 11) is -2.19. The first-order valence-electron chi connectivity index (χ1n) is 16.0. The number of hydrogen-bond donors (Lipinski definition) is 0. The van der Waals surface area contributed by atoms with Crippen LogP contribution in [0.1, 0.15) is 78.4 Å².